The molecule has 0 atom stereocenters. The fourth-order valence-electron chi connectivity index (χ4n) is 3.32. The molecule has 1 amide bonds. The highest BCUT2D eigenvalue weighted by Gasteiger charge is 2.14. The highest BCUT2D eigenvalue weighted by molar-refractivity contribution is 6.30. The number of fused-ring (bicyclic) bond motifs is 1. The molecule has 0 bridgehead atoms. The van der Waals surface area contributed by atoms with E-state index in [2.05, 4.69) is 16.4 Å². The third-order valence-corrected chi connectivity index (χ3v) is 5.13. The van der Waals surface area contributed by atoms with Crippen LogP contribution in [0.3, 0.4) is 0 Å². The van der Waals surface area contributed by atoms with Crippen molar-refractivity contribution < 1.29 is 19.0 Å². The third-order valence-electron chi connectivity index (χ3n) is 4.88. The zero-order valence-corrected chi connectivity index (χ0v) is 18.5. The van der Waals surface area contributed by atoms with Crippen molar-refractivity contribution in [3.05, 3.63) is 77.3 Å². The van der Waals surface area contributed by atoms with Gasteiger partial charge >= 0.3 is 6.09 Å². The van der Waals surface area contributed by atoms with Crippen molar-refractivity contribution in [3.63, 3.8) is 0 Å². The Hall–Kier alpha value is -3.99. The first-order valence-corrected chi connectivity index (χ1v) is 10.5. The van der Waals surface area contributed by atoms with Gasteiger partial charge in [-0.05, 0) is 54.1 Å². The summed E-state index contributed by atoms with van der Waals surface area (Å²) in [6.07, 6.45) is -0.616. The standard InChI is InChI=1S/C25H20ClN3O4/c1-31-12-13-32-20-10-11-21-22(15-27)24(29-23(21)14-20)16-2-6-18(7-3-16)28-25(30)33-19-8-4-17(26)5-9-19/h2-11,14,29H,12-13H2,1H3,(H,28,30). The van der Waals surface area contributed by atoms with Gasteiger partial charge in [0.05, 0.1) is 23.4 Å². The van der Waals surface area contributed by atoms with Crippen LogP contribution in [0.1, 0.15) is 5.56 Å². The van der Waals surface area contributed by atoms with Crippen LogP contribution >= 0.6 is 11.6 Å². The minimum Gasteiger partial charge on any atom is -0.491 e. The van der Waals surface area contributed by atoms with Crippen LogP contribution in [0.2, 0.25) is 5.02 Å². The second kappa shape index (κ2) is 10.1. The Labute approximate surface area is 195 Å². The van der Waals surface area contributed by atoms with E-state index in [1.54, 1.807) is 43.5 Å². The number of aromatic amines is 1. The first-order valence-electron chi connectivity index (χ1n) is 10.1. The molecule has 7 nitrogen and oxygen atoms in total. The quantitative estimate of drug-likeness (QED) is 0.329. The van der Waals surface area contributed by atoms with Gasteiger partial charge in [-0.15, -0.1) is 0 Å². The van der Waals surface area contributed by atoms with Crippen LogP contribution in [0.5, 0.6) is 11.5 Å². The highest BCUT2D eigenvalue weighted by Crippen LogP contribution is 2.32. The van der Waals surface area contributed by atoms with Crippen molar-refractivity contribution in [1.82, 2.24) is 4.98 Å². The van der Waals surface area contributed by atoms with Crippen LogP contribution in [-0.4, -0.2) is 31.4 Å². The number of carbonyl (C=O) groups is 1. The molecule has 0 spiro atoms. The molecule has 0 aliphatic carbocycles. The van der Waals surface area contributed by atoms with Crippen molar-refractivity contribution in [2.24, 2.45) is 0 Å². The van der Waals surface area contributed by atoms with Crippen LogP contribution in [0.4, 0.5) is 10.5 Å². The summed E-state index contributed by atoms with van der Waals surface area (Å²) in [7, 11) is 1.62. The first kappa shape index (κ1) is 22.2. The lowest BCUT2D eigenvalue weighted by molar-refractivity contribution is 0.146. The largest absolute Gasteiger partial charge is 0.491 e. The van der Waals surface area contributed by atoms with Gasteiger partial charge in [0.2, 0.25) is 0 Å². The number of nitrogens with one attached hydrogen (secondary N) is 2. The zero-order valence-electron chi connectivity index (χ0n) is 17.7. The number of nitriles is 1. The van der Waals surface area contributed by atoms with Crippen molar-refractivity contribution in [2.75, 3.05) is 25.6 Å². The van der Waals surface area contributed by atoms with Gasteiger partial charge in [-0.1, -0.05) is 23.7 Å². The second-order valence-corrected chi connectivity index (χ2v) is 7.52. The van der Waals surface area contributed by atoms with E-state index in [0.717, 1.165) is 16.5 Å². The number of benzene rings is 3. The fourth-order valence-corrected chi connectivity index (χ4v) is 3.44. The lowest BCUT2D eigenvalue weighted by Crippen LogP contribution is -2.16. The minimum absolute atomic E-state index is 0.385. The predicted octanol–water partition coefficient (Wildman–Crippen LogP) is 6.00. The Bertz CT molecular complexity index is 1310. The smallest absolute Gasteiger partial charge is 0.417 e. The Morgan fingerprint density at radius 3 is 2.45 bits per heavy atom. The van der Waals surface area contributed by atoms with Crippen LogP contribution in [0.25, 0.3) is 22.2 Å². The molecule has 0 saturated carbocycles. The average Bonchev–Trinajstić information content (AvgIpc) is 3.19. The lowest BCUT2D eigenvalue weighted by atomic mass is 10.1. The maximum Gasteiger partial charge on any atom is 0.417 e. The monoisotopic (exact) mass is 461 g/mol. The second-order valence-electron chi connectivity index (χ2n) is 7.08. The number of aromatic nitrogens is 1. The van der Waals surface area contributed by atoms with E-state index in [0.29, 0.717) is 46.7 Å². The summed E-state index contributed by atoms with van der Waals surface area (Å²) < 4.78 is 15.9. The molecule has 4 rings (SSSR count). The molecule has 33 heavy (non-hydrogen) atoms. The van der Waals surface area contributed by atoms with Crippen LogP contribution in [0.15, 0.2) is 66.7 Å². The molecule has 0 aliphatic heterocycles. The Kier molecular flexibility index (Phi) is 6.79. The molecule has 0 saturated heterocycles. The number of halogens is 1. The number of amides is 1. The zero-order chi connectivity index (χ0) is 23.2. The van der Waals surface area contributed by atoms with Crippen molar-refractivity contribution in [3.8, 4) is 28.8 Å². The van der Waals surface area contributed by atoms with Gasteiger partial charge in [0.15, 0.2) is 0 Å². The normalized spacial score (nSPS) is 10.6. The van der Waals surface area contributed by atoms with Crippen LogP contribution in [0, 0.1) is 11.3 Å². The first-order chi connectivity index (χ1) is 16.1. The number of H-pyrrole nitrogens is 1. The number of nitrogens with zero attached hydrogens (tertiary/aromatic N) is 1. The lowest BCUT2D eigenvalue weighted by Gasteiger charge is -2.07. The predicted molar refractivity (Wildman–Crippen MR) is 127 cm³/mol. The molecule has 2 N–H and O–H groups in total. The highest BCUT2D eigenvalue weighted by atomic mass is 35.5. The number of rotatable bonds is 7. The number of hydrogen-bond donors (Lipinski definition) is 2. The molecule has 0 fully saturated rings. The van der Waals surface area contributed by atoms with Gasteiger partial charge in [-0.3, -0.25) is 5.32 Å². The molecule has 0 radical (unpaired) electrons. The molecule has 4 aromatic rings. The SMILES string of the molecule is COCCOc1ccc2c(C#N)c(-c3ccc(NC(=O)Oc4ccc(Cl)cc4)cc3)[nH]c2c1. The van der Waals surface area contributed by atoms with Crippen LogP contribution < -0.4 is 14.8 Å². The maximum absolute atomic E-state index is 12.1. The molecule has 3 aromatic carbocycles. The van der Waals surface area contributed by atoms with E-state index in [1.807, 2.05) is 30.3 Å². The summed E-state index contributed by atoms with van der Waals surface area (Å²) in [5, 5.41) is 13.8. The summed E-state index contributed by atoms with van der Waals surface area (Å²) in [5.74, 6) is 1.08. The minimum atomic E-state index is -0.616. The van der Waals surface area contributed by atoms with Gasteiger partial charge in [0, 0.05) is 29.3 Å². The van der Waals surface area contributed by atoms with Crippen LogP contribution in [-0.2, 0) is 4.74 Å². The van der Waals surface area contributed by atoms with E-state index >= 15 is 0 Å². The van der Waals surface area contributed by atoms with E-state index in [-0.39, 0.29) is 0 Å². The average molecular weight is 462 g/mol. The molecule has 8 heteroatoms. The summed E-state index contributed by atoms with van der Waals surface area (Å²) >= 11 is 5.83. The summed E-state index contributed by atoms with van der Waals surface area (Å²) in [4.78, 5) is 15.4. The molecular formula is C25H20ClN3O4. The van der Waals surface area contributed by atoms with E-state index in [4.69, 9.17) is 25.8 Å². The summed E-state index contributed by atoms with van der Waals surface area (Å²) in [5.41, 5.74) is 3.39. The fraction of sp³-hybridized carbons (Fsp3) is 0.120. The van der Waals surface area contributed by atoms with Gasteiger partial charge in [-0.25, -0.2) is 4.79 Å². The number of anilines is 1. The molecule has 1 heterocycles. The summed E-state index contributed by atoms with van der Waals surface area (Å²) in [6, 6.07) is 21.4. The molecule has 0 aliphatic rings. The van der Waals surface area contributed by atoms with Gasteiger partial charge < -0.3 is 19.2 Å². The Balaban J connectivity index is 1.50. The van der Waals surface area contributed by atoms with E-state index in [9.17, 15) is 10.1 Å². The number of carbonyl (C=O) groups excluding carboxylic acids is 1. The third kappa shape index (κ3) is 5.26. The topological polar surface area (TPSA) is 96.4 Å². The Morgan fingerprint density at radius 1 is 1.03 bits per heavy atom. The molecule has 1 aromatic heterocycles. The van der Waals surface area contributed by atoms with Crippen molar-refractivity contribution >= 4 is 34.3 Å². The van der Waals surface area contributed by atoms with Gasteiger partial charge in [-0.2, -0.15) is 5.26 Å². The van der Waals surface area contributed by atoms with Crippen molar-refractivity contribution in [2.45, 2.75) is 0 Å². The maximum atomic E-state index is 12.1. The molecular weight excluding hydrogens is 442 g/mol. The number of methoxy groups -OCH3 is 1. The molecule has 166 valence electrons. The number of hydrogen-bond acceptors (Lipinski definition) is 5. The molecule has 0 unspecified atom stereocenters. The van der Waals surface area contributed by atoms with Gasteiger partial charge in [0.1, 0.15) is 24.2 Å². The van der Waals surface area contributed by atoms with Gasteiger partial charge in [0.25, 0.3) is 0 Å². The van der Waals surface area contributed by atoms with E-state index in [1.165, 1.54) is 0 Å². The van der Waals surface area contributed by atoms with E-state index < -0.39 is 6.09 Å². The Morgan fingerprint density at radius 2 is 1.76 bits per heavy atom. The summed E-state index contributed by atoms with van der Waals surface area (Å²) in [6.45, 7) is 0.931. The number of ether oxygens (including phenoxy) is 3. The van der Waals surface area contributed by atoms with Crippen molar-refractivity contribution in [1.29, 1.82) is 5.26 Å².